The second kappa shape index (κ2) is 4.49. The lowest BCUT2D eigenvalue weighted by atomic mass is 10.1. The first-order valence-corrected chi connectivity index (χ1v) is 6.24. The van der Waals surface area contributed by atoms with Crippen LogP contribution in [0.1, 0.15) is 23.2 Å². The molecule has 7 heteroatoms. The van der Waals surface area contributed by atoms with Gasteiger partial charge >= 0.3 is 5.97 Å². The summed E-state index contributed by atoms with van der Waals surface area (Å²) in [4.78, 5) is 34.5. The minimum Gasteiger partial charge on any atom is -0.477 e. The SMILES string of the molecule is O=C(O)c1cncnc1N1CCN2C(=O)CCC2C1. The van der Waals surface area contributed by atoms with Crippen molar-refractivity contribution in [3.8, 4) is 0 Å². The Morgan fingerprint density at radius 2 is 2.26 bits per heavy atom. The van der Waals surface area contributed by atoms with Gasteiger partial charge in [-0.3, -0.25) is 4.79 Å². The van der Waals surface area contributed by atoms with E-state index in [9.17, 15) is 9.59 Å². The van der Waals surface area contributed by atoms with Gasteiger partial charge in [0.1, 0.15) is 17.7 Å². The Labute approximate surface area is 109 Å². The van der Waals surface area contributed by atoms with Gasteiger partial charge in [0.2, 0.25) is 5.91 Å². The Hall–Kier alpha value is -2.18. The van der Waals surface area contributed by atoms with Crippen LogP contribution in [-0.2, 0) is 4.79 Å². The lowest BCUT2D eigenvalue weighted by molar-refractivity contribution is -0.129. The van der Waals surface area contributed by atoms with Crippen LogP contribution in [0.3, 0.4) is 0 Å². The number of carbonyl (C=O) groups excluding carboxylic acids is 1. The van der Waals surface area contributed by atoms with Gasteiger partial charge in [0.15, 0.2) is 0 Å². The summed E-state index contributed by atoms with van der Waals surface area (Å²) in [6.07, 6.45) is 4.10. The van der Waals surface area contributed by atoms with Crippen molar-refractivity contribution in [2.24, 2.45) is 0 Å². The summed E-state index contributed by atoms with van der Waals surface area (Å²) in [5.41, 5.74) is 0.111. The zero-order valence-corrected chi connectivity index (χ0v) is 10.3. The fraction of sp³-hybridized carbons (Fsp3) is 0.500. The van der Waals surface area contributed by atoms with E-state index in [-0.39, 0.29) is 17.5 Å². The van der Waals surface area contributed by atoms with E-state index in [1.807, 2.05) is 9.80 Å². The van der Waals surface area contributed by atoms with E-state index in [1.54, 1.807) is 0 Å². The molecule has 1 aromatic rings. The maximum Gasteiger partial charge on any atom is 0.341 e. The molecule has 0 bridgehead atoms. The first kappa shape index (κ1) is 11.9. The number of piperazine rings is 1. The molecular weight excluding hydrogens is 248 g/mol. The molecule has 1 N–H and O–H groups in total. The minimum atomic E-state index is -1.03. The Kier molecular flexibility index (Phi) is 2.81. The number of hydrogen-bond donors (Lipinski definition) is 1. The summed E-state index contributed by atoms with van der Waals surface area (Å²) in [5, 5.41) is 9.15. The number of nitrogens with zero attached hydrogens (tertiary/aromatic N) is 4. The molecule has 0 aromatic carbocycles. The van der Waals surface area contributed by atoms with E-state index in [2.05, 4.69) is 9.97 Å². The summed E-state index contributed by atoms with van der Waals surface area (Å²) < 4.78 is 0. The van der Waals surface area contributed by atoms with E-state index in [0.29, 0.717) is 31.9 Å². The molecular formula is C12H14N4O3. The molecule has 3 heterocycles. The highest BCUT2D eigenvalue weighted by Gasteiger charge is 2.36. The van der Waals surface area contributed by atoms with Gasteiger partial charge in [0.05, 0.1) is 0 Å². The topological polar surface area (TPSA) is 86.6 Å². The molecule has 2 aliphatic heterocycles. The van der Waals surface area contributed by atoms with Crippen LogP contribution in [0.15, 0.2) is 12.5 Å². The molecule has 1 atom stereocenters. The summed E-state index contributed by atoms with van der Waals surface area (Å²) in [6.45, 7) is 1.88. The van der Waals surface area contributed by atoms with Crippen LogP contribution < -0.4 is 4.90 Å². The number of hydrogen-bond acceptors (Lipinski definition) is 5. The standard InChI is InChI=1S/C12H14N4O3/c17-10-2-1-8-6-15(3-4-16(8)10)11-9(12(18)19)5-13-7-14-11/h5,7-8H,1-4,6H2,(H,18,19). The van der Waals surface area contributed by atoms with Crippen molar-refractivity contribution in [1.82, 2.24) is 14.9 Å². The van der Waals surface area contributed by atoms with Crippen molar-refractivity contribution in [3.05, 3.63) is 18.1 Å². The van der Waals surface area contributed by atoms with Gasteiger partial charge in [-0.05, 0) is 6.42 Å². The van der Waals surface area contributed by atoms with Gasteiger partial charge in [-0.1, -0.05) is 0 Å². The Balaban J connectivity index is 1.85. The maximum atomic E-state index is 11.6. The molecule has 7 nitrogen and oxygen atoms in total. The highest BCUT2D eigenvalue weighted by molar-refractivity contribution is 5.93. The third-order valence-corrected chi connectivity index (χ3v) is 3.72. The number of amides is 1. The number of aromatic nitrogens is 2. The van der Waals surface area contributed by atoms with Crippen molar-refractivity contribution >= 4 is 17.7 Å². The largest absolute Gasteiger partial charge is 0.477 e. The summed E-state index contributed by atoms with van der Waals surface area (Å²) in [6, 6.07) is 0.179. The van der Waals surface area contributed by atoms with Crippen LogP contribution in [-0.4, -0.2) is 57.5 Å². The Morgan fingerprint density at radius 1 is 1.42 bits per heavy atom. The second-order valence-electron chi connectivity index (χ2n) is 4.79. The molecule has 3 rings (SSSR count). The molecule has 0 aliphatic carbocycles. The van der Waals surface area contributed by atoms with E-state index >= 15 is 0 Å². The first-order chi connectivity index (χ1) is 9.16. The van der Waals surface area contributed by atoms with E-state index in [4.69, 9.17) is 5.11 Å². The third kappa shape index (κ3) is 2.00. The molecule has 0 radical (unpaired) electrons. The summed E-state index contributed by atoms with van der Waals surface area (Å²) in [5.74, 6) is -0.382. The van der Waals surface area contributed by atoms with Gasteiger partial charge in [0, 0.05) is 38.3 Å². The molecule has 19 heavy (non-hydrogen) atoms. The molecule has 2 saturated heterocycles. The lowest BCUT2D eigenvalue weighted by Gasteiger charge is -2.38. The quantitative estimate of drug-likeness (QED) is 0.806. The van der Waals surface area contributed by atoms with Crippen molar-refractivity contribution < 1.29 is 14.7 Å². The summed E-state index contributed by atoms with van der Waals surface area (Å²) in [7, 11) is 0. The predicted octanol–water partition coefficient (Wildman–Crippen LogP) is -0.0142. The van der Waals surface area contributed by atoms with E-state index in [0.717, 1.165) is 6.42 Å². The number of aromatic carboxylic acids is 1. The smallest absolute Gasteiger partial charge is 0.341 e. The Morgan fingerprint density at radius 3 is 3.05 bits per heavy atom. The molecule has 2 fully saturated rings. The van der Waals surface area contributed by atoms with Gasteiger partial charge in [-0.2, -0.15) is 0 Å². The van der Waals surface area contributed by atoms with Gasteiger partial charge in [-0.25, -0.2) is 14.8 Å². The van der Waals surface area contributed by atoms with Crippen LogP contribution in [0, 0.1) is 0 Å². The van der Waals surface area contributed by atoms with Crippen molar-refractivity contribution in [3.63, 3.8) is 0 Å². The van der Waals surface area contributed by atoms with Crippen LogP contribution in [0.2, 0.25) is 0 Å². The van der Waals surface area contributed by atoms with E-state index < -0.39 is 5.97 Å². The molecule has 1 aromatic heterocycles. The number of carboxylic acids is 1. The van der Waals surface area contributed by atoms with Gasteiger partial charge in [-0.15, -0.1) is 0 Å². The van der Waals surface area contributed by atoms with E-state index in [1.165, 1.54) is 12.5 Å². The van der Waals surface area contributed by atoms with Crippen molar-refractivity contribution in [2.75, 3.05) is 24.5 Å². The monoisotopic (exact) mass is 262 g/mol. The average molecular weight is 262 g/mol. The van der Waals surface area contributed by atoms with Crippen molar-refractivity contribution in [2.45, 2.75) is 18.9 Å². The molecule has 2 aliphatic rings. The maximum absolute atomic E-state index is 11.6. The van der Waals surface area contributed by atoms with Crippen LogP contribution in [0.5, 0.6) is 0 Å². The number of rotatable bonds is 2. The molecule has 0 spiro atoms. The first-order valence-electron chi connectivity index (χ1n) is 6.24. The molecule has 1 amide bonds. The summed E-state index contributed by atoms with van der Waals surface area (Å²) >= 11 is 0. The average Bonchev–Trinajstić information content (AvgIpc) is 2.80. The Bertz CT molecular complexity index is 533. The zero-order valence-electron chi connectivity index (χ0n) is 10.3. The fourth-order valence-corrected chi connectivity index (χ4v) is 2.78. The molecule has 1 unspecified atom stereocenters. The normalized spacial score (nSPS) is 22.5. The zero-order chi connectivity index (χ0) is 13.4. The van der Waals surface area contributed by atoms with Crippen LogP contribution in [0.4, 0.5) is 5.82 Å². The van der Waals surface area contributed by atoms with Gasteiger partial charge < -0.3 is 14.9 Å². The van der Waals surface area contributed by atoms with Crippen LogP contribution in [0.25, 0.3) is 0 Å². The lowest BCUT2D eigenvalue weighted by Crippen LogP contribution is -2.52. The minimum absolute atomic E-state index is 0.111. The fourth-order valence-electron chi connectivity index (χ4n) is 2.78. The highest BCUT2D eigenvalue weighted by atomic mass is 16.4. The van der Waals surface area contributed by atoms with Crippen LogP contribution >= 0.6 is 0 Å². The number of carbonyl (C=O) groups is 2. The number of carboxylic acid groups (broad SMARTS) is 1. The predicted molar refractivity (Wildman–Crippen MR) is 65.9 cm³/mol. The molecule has 0 saturated carbocycles. The number of fused-ring (bicyclic) bond motifs is 1. The highest BCUT2D eigenvalue weighted by Crippen LogP contribution is 2.26. The second-order valence-corrected chi connectivity index (χ2v) is 4.79. The van der Waals surface area contributed by atoms with Gasteiger partial charge in [0.25, 0.3) is 0 Å². The molecule has 100 valence electrons. The third-order valence-electron chi connectivity index (χ3n) is 3.72. The number of anilines is 1. The van der Waals surface area contributed by atoms with Crippen molar-refractivity contribution in [1.29, 1.82) is 0 Å².